The molecule has 0 radical (unpaired) electrons. The Morgan fingerprint density at radius 2 is 1.77 bits per heavy atom. The largest absolute Gasteiger partial charge is 1.00 e. The fourth-order valence-electron chi connectivity index (χ4n) is 0.758. The van der Waals surface area contributed by atoms with Gasteiger partial charge in [0.1, 0.15) is 5.75 Å². The molecule has 0 spiro atoms. The van der Waals surface area contributed by atoms with Gasteiger partial charge in [-0.2, -0.15) is 5.94 Å². The molecule has 2 nitrogen and oxygen atoms in total. The van der Waals surface area contributed by atoms with E-state index in [2.05, 4.69) is 0 Å². The molecule has 0 saturated carbocycles. The molecule has 0 aliphatic carbocycles. The third kappa shape index (κ3) is 4.63. The maximum atomic E-state index is 5.02. The van der Waals surface area contributed by atoms with E-state index < -0.39 is 0 Å². The van der Waals surface area contributed by atoms with Crippen LogP contribution in [0.5, 0.6) is 5.75 Å². The van der Waals surface area contributed by atoms with Crippen molar-refractivity contribution < 1.29 is 28.3 Å². The van der Waals surface area contributed by atoms with Crippen LogP contribution in [0.2, 0.25) is 0 Å². The molecule has 0 aliphatic rings. The molecule has 0 heterocycles. The molecule has 13 heavy (non-hydrogen) atoms. The molecule has 0 amide bonds. The summed E-state index contributed by atoms with van der Waals surface area (Å²) in [5.74, 6) is 2.55. The summed E-state index contributed by atoms with van der Waals surface area (Å²) in [4.78, 5) is 1.14. The van der Waals surface area contributed by atoms with Crippen LogP contribution in [0.3, 0.4) is 0 Å². The van der Waals surface area contributed by atoms with E-state index in [0.717, 1.165) is 10.6 Å². The number of ether oxygens (including phenoxy) is 2. The normalized spacial score (nSPS) is 9.08. The third-order valence-corrected chi connectivity index (χ3v) is 2.17. The van der Waals surface area contributed by atoms with Crippen molar-refractivity contribution in [3.8, 4) is 5.75 Å². The van der Waals surface area contributed by atoms with Crippen molar-refractivity contribution >= 4 is 11.8 Å². The molecule has 0 atom stereocenters. The molecule has 0 aromatic heterocycles. The van der Waals surface area contributed by atoms with Crippen LogP contribution < -0.4 is 23.6 Å². The molecule has 0 N–H and O–H groups in total. The second kappa shape index (κ2) is 7.34. The van der Waals surface area contributed by atoms with Crippen LogP contribution in [0.1, 0.15) is 0 Å². The van der Waals surface area contributed by atoms with E-state index in [1.165, 1.54) is 11.8 Å². The van der Waals surface area contributed by atoms with Crippen LogP contribution in [0.15, 0.2) is 29.2 Å². The molecule has 4 heteroatoms. The van der Waals surface area contributed by atoms with Gasteiger partial charge in [-0.25, -0.2) is 0 Å². The van der Waals surface area contributed by atoms with Crippen molar-refractivity contribution in [3.63, 3.8) is 0 Å². The van der Waals surface area contributed by atoms with Gasteiger partial charge in [0.2, 0.25) is 0 Å². The van der Waals surface area contributed by atoms with Gasteiger partial charge < -0.3 is 9.47 Å². The number of benzene rings is 1. The van der Waals surface area contributed by atoms with Gasteiger partial charge in [-0.3, -0.25) is 11.8 Å². The van der Waals surface area contributed by atoms with Gasteiger partial charge in [0, 0.05) is 0 Å². The summed E-state index contributed by atoms with van der Waals surface area (Å²) < 4.78 is 9.83. The molecule has 0 bridgehead atoms. The van der Waals surface area contributed by atoms with Crippen molar-refractivity contribution in [2.75, 3.05) is 14.2 Å². The fourth-order valence-corrected chi connectivity index (χ4v) is 1.26. The predicted octanol–water partition coefficient (Wildman–Crippen LogP) is -0.443. The number of hydrogen-bond acceptors (Lipinski definition) is 3. The van der Waals surface area contributed by atoms with E-state index >= 15 is 0 Å². The summed E-state index contributed by atoms with van der Waals surface area (Å²) in [6, 6.07) is 7.82. The molecule has 1 aromatic rings. The zero-order chi connectivity index (χ0) is 8.81. The zero-order valence-corrected chi connectivity index (χ0v) is 8.93. The van der Waals surface area contributed by atoms with Gasteiger partial charge in [-0.1, -0.05) is 0 Å². The second-order valence-electron chi connectivity index (χ2n) is 2.13. The Kier molecular flexibility index (Phi) is 7.30. The Morgan fingerprint density at radius 1 is 1.15 bits per heavy atom. The van der Waals surface area contributed by atoms with Crippen LogP contribution >= 0.6 is 11.8 Å². The van der Waals surface area contributed by atoms with Gasteiger partial charge in [0.25, 0.3) is 0 Å². The van der Waals surface area contributed by atoms with Crippen molar-refractivity contribution in [1.29, 1.82) is 0 Å². The summed E-state index contributed by atoms with van der Waals surface area (Å²) in [6.07, 6.45) is 0. The molecule has 0 fully saturated rings. The van der Waals surface area contributed by atoms with E-state index in [1.54, 1.807) is 20.2 Å². The van der Waals surface area contributed by atoms with Gasteiger partial charge in [0.15, 0.2) is 0 Å². The Bertz CT molecular complexity index is 226. The molecule has 66 valence electrons. The SMILES string of the molecule is CO[CH-]Sc1ccc(OC)cc1.[Li+]. The predicted molar refractivity (Wildman–Crippen MR) is 50.2 cm³/mol. The number of hydrogen-bond donors (Lipinski definition) is 0. The van der Waals surface area contributed by atoms with Crippen molar-refractivity contribution in [1.82, 2.24) is 0 Å². The van der Waals surface area contributed by atoms with Crippen LogP contribution in [-0.2, 0) is 4.74 Å². The summed E-state index contributed by atoms with van der Waals surface area (Å²) in [6.45, 7) is 0. The van der Waals surface area contributed by atoms with Gasteiger partial charge in [-0.05, 0) is 36.3 Å². The number of rotatable bonds is 4. The van der Waals surface area contributed by atoms with Gasteiger partial charge >= 0.3 is 18.9 Å². The zero-order valence-electron chi connectivity index (χ0n) is 8.11. The summed E-state index contributed by atoms with van der Waals surface area (Å²) in [5.41, 5.74) is 0. The second-order valence-corrected chi connectivity index (χ2v) is 3.02. The first-order valence-corrected chi connectivity index (χ1v) is 4.40. The smallest absolute Gasteiger partial charge is 0.543 e. The minimum Gasteiger partial charge on any atom is -0.543 e. The first-order valence-electron chi connectivity index (χ1n) is 3.52. The first-order chi connectivity index (χ1) is 5.86. The molecule has 1 rings (SSSR count). The first kappa shape index (κ1) is 12.9. The summed E-state index contributed by atoms with van der Waals surface area (Å²) in [5, 5.41) is 0. The summed E-state index contributed by atoms with van der Waals surface area (Å²) in [7, 11) is 3.29. The standard InChI is InChI=1S/C9H11O2S.Li/c1-10-7-12-9-5-3-8(11-2)4-6-9;/h3-7H,1-2H3;/q-1;+1. The topological polar surface area (TPSA) is 18.5 Å². The van der Waals surface area contributed by atoms with Gasteiger partial charge in [0.05, 0.1) is 7.11 Å². The molecular weight excluding hydrogens is 179 g/mol. The number of methoxy groups -OCH3 is 2. The Hall–Kier alpha value is -0.0726. The Morgan fingerprint density at radius 3 is 2.23 bits per heavy atom. The average Bonchev–Trinajstić information content (AvgIpc) is 2.15. The Labute approximate surface area is 95.2 Å². The molecule has 0 saturated heterocycles. The minimum atomic E-state index is 0. The maximum absolute atomic E-state index is 5.02. The van der Waals surface area contributed by atoms with Crippen molar-refractivity contribution in [2.45, 2.75) is 4.90 Å². The van der Waals surface area contributed by atoms with E-state index in [-0.39, 0.29) is 18.9 Å². The quantitative estimate of drug-likeness (QED) is 0.364. The molecule has 0 unspecified atom stereocenters. The molecule has 1 aromatic carbocycles. The average molecular weight is 190 g/mol. The minimum absolute atomic E-state index is 0. The number of thioether (sulfide) groups is 1. The van der Waals surface area contributed by atoms with Crippen LogP contribution in [-0.4, -0.2) is 14.2 Å². The van der Waals surface area contributed by atoms with E-state index in [0.29, 0.717) is 0 Å². The van der Waals surface area contributed by atoms with Gasteiger partial charge in [-0.15, -0.1) is 0 Å². The molecular formula is C9H11LiO2S. The van der Waals surface area contributed by atoms with Crippen LogP contribution in [0.4, 0.5) is 0 Å². The summed E-state index contributed by atoms with van der Waals surface area (Å²) >= 11 is 1.54. The third-order valence-electron chi connectivity index (χ3n) is 1.34. The van der Waals surface area contributed by atoms with E-state index in [1.807, 2.05) is 24.3 Å². The van der Waals surface area contributed by atoms with Crippen LogP contribution in [0.25, 0.3) is 0 Å². The molecule has 0 aliphatic heterocycles. The van der Waals surface area contributed by atoms with E-state index in [9.17, 15) is 0 Å². The monoisotopic (exact) mass is 190 g/mol. The van der Waals surface area contributed by atoms with Crippen molar-refractivity contribution in [2.24, 2.45) is 0 Å². The van der Waals surface area contributed by atoms with E-state index in [4.69, 9.17) is 9.47 Å². The van der Waals surface area contributed by atoms with Crippen LogP contribution in [0, 0.1) is 5.94 Å². The fraction of sp³-hybridized carbons (Fsp3) is 0.222. The van der Waals surface area contributed by atoms with Crippen molar-refractivity contribution in [3.05, 3.63) is 30.2 Å². The Balaban J connectivity index is 0.00000144. The maximum Gasteiger partial charge on any atom is 1.00 e.